The topological polar surface area (TPSA) is 78.2 Å². The molecule has 3 rings (SSSR count). The van der Waals surface area contributed by atoms with Crippen molar-refractivity contribution in [3.8, 4) is 11.6 Å². The first-order valence-corrected chi connectivity index (χ1v) is 6.98. The lowest BCUT2D eigenvalue weighted by atomic mass is 10.3. The molecular formula is C13H9BrFN3O3. The van der Waals surface area contributed by atoms with Gasteiger partial charge in [0, 0.05) is 24.1 Å². The summed E-state index contributed by atoms with van der Waals surface area (Å²) in [4.78, 5) is 18.7. The van der Waals surface area contributed by atoms with E-state index in [0.29, 0.717) is 16.3 Å². The zero-order valence-corrected chi connectivity index (χ0v) is 12.2. The molecule has 21 heavy (non-hydrogen) atoms. The van der Waals surface area contributed by atoms with E-state index in [2.05, 4.69) is 25.9 Å². The van der Waals surface area contributed by atoms with E-state index in [4.69, 9.17) is 4.74 Å². The average Bonchev–Trinajstić information content (AvgIpc) is 3.21. The van der Waals surface area contributed by atoms with Crippen LogP contribution in [-0.2, 0) is 0 Å². The molecule has 0 N–H and O–H groups in total. The summed E-state index contributed by atoms with van der Waals surface area (Å²) >= 11 is 3.25. The molecular weight excluding hydrogens is 345 g/mol. The highest BCUT2D eigenvalue weighted by atomic mass is 79.9. The van der Waals surface area contributed by atoms with E-state index in [1.807, 2.05) is 0 Å². The highest BCUT2D eigenvalue weighted by Crippen LogP contribution is 2.40. The van der Waals surface area contributed by atoms with E-state index in [1.54, 1.807) is 0 Å². The molecule has 0 aliphatic heterocycles. The van der Waals surface area contributed by atoms with Gasteiger partial charge >= 0.3 is 5.69 Å². The maximum Gasteiger partial charge on any atom is 0.311 e. The fourth-order valence-corrected chi connectivity index (χ4v) is 2.20. The maximum absolute atomic E-state index is 13.3. The van der Waals surface area contributed by atoms with Gasteiger partial charge in [0.2, 0.25) is 11.6 Å². The molecule has 1 aromatic heterocycles. The van der Waals surface area contributed by atoms with Gasteiger partial charge in [0.05, 0.1) is 4.92 Å². The van der Waals surface area contributed by atoms with Crippen molar-refractivity contribution in [1.82, 2.24) is 9.97 Å². The zero-order chi connectivity index (χ0) is 15.0. The van der Waals surface area contributed by atoms with Gasteiger partial charge in [-0.25, -0.2) is 9.37 Å². The van der Waals surface area contributed by atoms with Gasteiger partial charge in [-0.1, -0.05) is 0 Å². The number of ether oxygens (including phenoxy) is 1. The first-order chi connectivity index (χ1) is 10.0. The van der Waals surface area contributed by atoms with Gasteiger partial charge in [0.15, 0.2) is 0 Å². The molecule has 1 fully saturated rings. The van der Waals surface area contributed by atoms with Crippen molar-refractivity contribution in [2.24, 2.45) is 0 Å². The van der Waals surface area contributed by atoms with Crippen LogP contribution in [0.15, 0.2) is 28.9 Å². The predicted octanol–water partition coefficient (Wildman–Crippen LogP) is 3.96. The van der Waals surface area contributed by atoms with E-state index >= 15 is 0 Å². The van der Waals surface area contributed by atoms with Crippen molar-refractivity contribution in [2.75, 3.05) is 0 Å². The van der Waals surface area contributed by atoms with Crippen LogP contribution >= 0.6 is 15.9 Å². The molecule has 0 bridgehead atoms. The molecule has 0 unspecified atom stereocenters. The van der Waals surface area contributed by atoms with Crippen LogP contribution in [0.25, 0.3) is 0 Å². The van der Waals surface area contributed by atoms with Crippen LogP contribution < -0.4 is 4.74 Å². The minimum Gasteiger partial charge on any atom is -0.432 e. The summed E-state index contributed by atoms with van der Waals surface area (Å²) < 4.78 is 19.2. The highest BCUT2D eigenvalue weighted by Gasteiger charge is 2.28. The second-order valence-corrected chi connectivity index (χ2v) is 5.45. The highest BCUT2D eigenvalue weighted by molar-refractivity contribution is 9.10. The standard InChI is InChI=1S/C13H9BrFN3O3/c14-11-6-12(17-13(16-11)7-1-2-7)21-10-5-8(15)3-4-9(10)18(19)20/h3-7H,1-2H2. The predicted molar refractivity (Wildman–Crippen MR) is 74.8 cm³/mol. The van der Waals surface area contributed by atoms with Crippen LogP contribution in [0.3, 0.4) is 0 Å². The second-order valence-electron chi connectivity index (χ2n) is 4.63. The average molecular weight is 354 g/mol. The van der Waals surface area contributed by atoms with Crippen LogP contribution in [0.1, 0.15) is 24.6 Å². The smallest absolute Gasteiger partial charge is 0.311 e. The molecule has 108 valence electrons. The van der Waals surface area contributed by atoms with Crippen molar-refractivity contribution >= 4 is 21.6 Å². The minimum absolute atomic E-state index is 0.146. The van der Waals surface area contributed by atoms with Gasteiger partial charge in [-0.2, -0.15) is 4.98 Å². The van der Waals surface area contributed by atoms with Crippen molar-refractivity contribution in [1.29, 1.82) is 0 Å². The summed E-state index contributed by atoms with van der Waals surface area (Å²) in [5, 5.41) is 10.9. The SMILES string of the molecule is O=[N+]([O-])c1ccc(F)cc1Oc1cc(Br)nc(C2CC2)n1. The number of rotatable bonds is 4. The first-order valence-electron chi connectivity index (χ1n) is 6.19. The largest absolute Gasteiger partial charge is 0.432 e. The summed E-state index contributed by atoms with van der Waals surface area (Å²) in [6, 6.07) is 4.52. The van der Waals surface area contributed by atoms with Gasteiger partial charge < -0.3 is 4.74 Å². The Morgan fingerprint density at radius 2 is 2.10 bits per heavy atom. The Bertz CT molecular complexity index is 722. The van der Waals surface area contributed by atoms with E-state index in [1.165, 1.54) is 6.07 Å². The summed E-state index contributed by atoms with van der Waals surface area (Å²) in [7, 11) is 0. The number of aromatic nitrogens is 2. The Morgan fingerprint density at radius 3 is 2.76 bits per heavy atom. The Balaban J connectivity index is 1.96. The quantitative estimate of drug-likeness (QED) is 0.472. The second kappa shape index (κ2) is 5.36. The summed E-state index contributed by atoms with van der Waals surface area (Å²) in [5.41, 5.74) is -0.320. The number of hydrogen-bond acceptors (Lipinski definition) is 5. The number of nitro benzene ring substituents is 1. The lowest BCUT2D eigenvalue weighted by Crippen LogP contribution is -1.99. The summed E-state index contributed by atoms with van der Waals surface area (Å²) in [5.74, 6) is 0.261. The van der Waals surface area contributed by atoms with Gasteiger partial charge in [0.1, 0.15) is 16.2 Å². The maximum atomic E-state index is 13.3. The Morgan fingerprint density at radius 1 is 1.33 bits per heavy atom. The van der Waals surface area contributed by atoms with Gasteiger partial charge in [-0.05, 0) is 34.8 Å². The van der Waals surface area contributed by atoms with Gasteiger partial charge in [-0.15, -0.1) is 0 Å². The third-order valence-corrected chi connectivity index (χ3v) is 3.37. The van der Waals surface area contributed by atoms with Crippen molar-refractivity contribution < 1.29 is 14.1 Å². The minimum atomic E-state index is -0.632. The van der Waals surface area contributed by atoms with Crippen molar-refractivity contribution in [3.63, 3.8) is 0 Å². The molecule has 1 aliphatic rings. The normalized spacial score (nSPS) is 14.0. The van der Waals surface area contributed by atoms with Crippen LogP contribution in [0.5, 0.6) is 11.6 Å². The Kier molecular flexibility index (Phi) is 3.54. The molecule has 8 heteroatoms. The zero-order valence-electron chi connectivity index (χ0n) is 10.6. The van der Waals surface area contributed by atoms with Gasteiger partial charge in [0.25, 0.3) is 0 Å². The Labute approximate surface area is 127 Å². The third kappa shape index (κ3) is 3.15. The monoisotopic (exact) mass is 353 g/mol. The molecule has 1 aromatic carbocycles. The fraction of sp³-hybridized carbons (Fsp3) is 0.231. The third-order valence-electron chi connectivity index (χ3n) is 2.96. The van der Waals surface area contributed by atoms with E-state index in [9.17, 15) is 14.5 Å². The molecule has 0 atom stereocenters. The molecule has 0 radical (unpaired) electrons. The first kappa shape index (κ1) is 13.9. The molecule has 6 nitrogen and oxygen atoms in total. The number of nitro groups is 1. The number of nitrogens with zero attached hydrogens (tertiary/aromatic N) is 3. The molecule has 0 spiro atoms. The molecule has 0 saturated heterocycles. The molecule has 0 amide bonds. The summed E-state index contributed by atoms with van der Waals surface area (Å²) in [6.07, 6.45) is 2.02. The van der Waals surface area contributed by atoms with E-state index in [-0.39, 0.29) is 17.3 Å². The number of halogens is 2. The number of benzene rings is 1. The van der Waals surface area contributed by atoms with Crippen molar-refractivity contribution in [3.05, 3.63) is 50.6 Å². The summed E-state index contributed by atoms with van der Waals surface area (Å²) in [6.45, 7) is 0. The Hall–Kier alpha value is -2.09. The van der Waals surface area contributed by atoms with Crippen LogP contribution in [0.2, 0.25) is 0 Å². The molecule has 1 aliphatic carbocycles. The fourth-order valence-electron chi connectivity index (χ4n) is 1.82. The van der Waals surface area contributed by atoms with Gasteiger partial charge in [-0.3, -0.25) is 10.1 Å². The molecule has 1 saturated carbocycles. The van der Waals surface area contributed by atoms with Crippen molar-refractivity contribution in [2.45, 2.75) is 18.8 Å². The lowest BCUT2D eigenvalue weighted by molar-refractivity contribution is -0.385. The van der Waals surface area contributed by atoms with Crippen LogP contribution in [0.4, 0.5) is 10.1 Å². The van der Waals surface area contributed by atoms with Crippen LogP contribution in [-0.4, -0.2) is 14.9 Å². The van der Waals surface area contributed by atoms with E-state index in [0.717, 1.165) is 31.0 Å². The molecule has 2 aromatic rings. The number of hydrogen-bond donors (Lipinski definition) is 0. The molecule has 1 heterocycles. The lowest BCUT2D eigenvalue weighted by Gasteiger charge is -2.07. The van der Waals surface area contributed by atoms with E-state index < -0.39 is 10.7 Å². The van der Waals surface area contributed by atoms with Crippen LogP contribution in [0, 0.1) is 15.9 Å².